The van der Waals surface area contributed by atoms with E-state index in [1.807, 2.05) is 56.3 Å². The number of nitrogens with zero attached hydrogens (tertiary/aromatic N) is 1. The van der Waals surface area contributed by atoms with Crippen LogP contribution in [0, 0.1) is 5.92 Å². The summed E-state index contributed by atoms with van der Waals surface area (Å²) >= 11 is 0. The first-order chi connectivity index (χ1) is 14.0. The van der Waals surface area contributed by atoms with Gasteiger partial charge in [0, 0.05) is 23.6 Å². The second-order valence-corrected chi connectivity index (χ2v) is 7.58. The Labute approximate surface area is 169 Å². The molecule has 150 valence electrons. The first kappa shape index (κ1) is 19.1. The molecule has 2 aromatic carbocycles. The number of carbonyl (C=O) groups is 1. The zero-order valence-electron chi connectivity index (χ0n) is 16.5. The number of aromatic nitrogens is 1. The molecule has 0 aliphatic carbocycles. The fourth-order valence-electron chi connectivity index (χ4n) is 3.55. The van der Waals surface area contributed by atoms with E-state index in [1.165, 1.54) is 0 Å². The molecular formula is C23H24N2O4. The third kappa shape index (κ3) is 3.97. The van der Waals surface area contributed by atoms with Crippen LogP contribution in [0.5, 0.6) is 17.2 Å². The van der Waals surface area contributed by atoms with Gasteiger partial charge in [0.25, 0.3) is 0 Å². The van der Waals surface area contributed by atoms with Gasteiger partial charge in [0.15, 0.2) is 11.5 Å². The number of nitrogens with one attached hydrogen (secondary N) is 1. The lowest BCUT2D eigenvalue weighted by Gasteiger charge is -2.24. The number of amides is 1. The summed E-state index contributed by atoms with van der Waals surface area (Å²) in [6.07, 6.45) is 2.04. The molecule has 6 heteroatoms. The van der Waals surface area contributed by atoms with E-state index in [4.69, 9.17) is 9.47 Å². The number of rotatable bonds is 5. The Morgan fingerprint density at radius 3 is 2.72 bits per heavy atom. The summed E-state index contributed by atoms with van der Waals surface area (Å²) in [4.78, 5) is 16.9. The van der Waals surface area contributed by atoms with Gasteiger partial charge in [0.1, 0.15) is 24.5 Å². The van der Waals surface area contributed by atoms with Crippen LogP contribution in [0.25, 0.3) is 10.9 Å². The highest BCUT2D eigenvalue weighted by Crippen LogP contribution is 2.38. The van der Waals surface area contributed by atoms with Gasteiger partial charge >= 0.3 is 0 Å². The van der Waals surface area contributed by atoms with Crippen LogP contribution in [0.3, 0.4) is 0 Å². The van der Waals surface area contributed by atoms with E-state index in [-0.39, 0.29) is 17.6 Å². The van der Waals surface area contributed by atoms with Crippen molar-refractivity contribution in [1.82, 2.24) is 10.3 Å². The molecule has 1 aliphatic rings. The molecule has 0 radical (unpaired) electrons. The minimum atomic E-state index is -0.538. The number of phenolic OH excluding ortho intramolecular Hbond substituents is 1. The molecule has 4 rings (SSSR count). The minimum Gasteiger partial charge on any atom is -0.505 e. The maximum atomic E-state index is 12.6. The van der Waals surface area contributed by atoms with E-state index in [1.54, 1.807) is 6.20 Å². The topological polar surface area (TPSA) is 80.7 Å². The van der Waals surface area contributed by atoms with Crippen molar-refractivity contribution in [2.75, 3.05) is 13.2 Å². The summed E-state index contributed by atoms with van der Waals surface area (Å²) in [5.41, 5.74) is 1.90. The second kappa shape index (κ2) is 7.99. The van der Waals surface area contributed by atoms with Crippen LogP contribution in [0.4, 0.5) is 0 Å². The molecule has 6 nitrogen and oxygen atoms in total. The van der Waals surface area contributed by atoms with E-state index >= 15 is 0 Å². The van der Waals surface area contributed by atoms with E-state index in [0.29, 0.717) is 42.2 Å². The van der Waals surface area contributed by atoms with Crippen LogP contribution >= 0.6 is 0 Å². The average Bonchev–Trinajstić information content (AvgIpc) is 2.72. The maximum Gasteiger partial charge on any atom is 0.221 e. The van der Waals surface area contributed by atoms with Crippen molar-refractivity contribution in [3.8, 4) is 17.2 Å². The van der Waals surface area contributed by atoms with Crippen molar-refractivity contribution >= 4 is 16.8 Å². The predicted molar refractivity (Wildman–Crippen MR) is 110 cm³/mol. The molecule has 0 fully saturated rings. The standard InChI is InChI=1S/C23H24N2O4/c1-14(2)12-20(26)25-21(16-6-8-18-19(13-16)29-11-10-28-18)17-7-5-15-4-3-9-24-22(15)23(17)27/h3-9,13-14,21,27H,10-12H2,1-2H3,(H,25,26). The normalized spacial score (nSPS) is 14.0. The molecule has 1 aromatic heterocycles. The minimum absolute atomic E-state index is 0.0628. The number of ether oxygens (including phenoxy) is 2. The zero-order chi connectivity index (χ0) is 20.4. The van der Waals surface area contributed by atoms with Crippen LogP contribution in [-0.4, -0.2) is 29.2 Å². The van der Waals surface area contributed by atoms with Crippen LogP contribution < -0.4 is 14.8 Å². The molecule has 2 N–H and O–H groups in total. The van der Waals surface area contributed by atoms with Gasteiger partial charge in [-0.25, -0.2) is 0 Å². The highest BCUT2D eigenvalue weighted by Gasteiger charge is 2.24. The lowest BCUT2D eigenvalue weighted by atomic mass is 9.95. The summed E-state index contributed by atoms with van der Waals surface area (Å²) in [6, 6.07) is 12.5. The highest BCUT2D eigenvalue weighted by atomic mass is 16.6. The number of aromatic hydroxyl groups is 1. The second-order valence-electron chi connectivity index (χ2n) is 7.58. The van der Waals surface area contributed by atoms with Gasteiger partial charge in [-0.05, 0) is 29.7 Å². The Morgan fingerprint density at radius 1 is 1.14 bits per heavy atom. The third-order valence-electron chi connectivity index (χ3n) is 4.89. The molecule has 0 spiro atoms. The lowest BCUT2D eigenvalue weighted by molar-refractivity contribution is -0.122. The summed E-state index contributed by atoms with van der Waals surface area (Å²) in [5.74, 6) is 1.52. The molecule has 0 saturated heterocycles. The Hall–Kier alpha value is -3.28. The summed E-state index contributed by atoms with van der Waals surface area (Å²) in [7, 11) is 0. The molecule has 2 heterocycles. The van der Waals surface area contributed by atoms with Crippen LogP contribution in [0.15, 0.2) is 48.7 Å². The van der Waals surface area contributed by atoms with Crippen LogP contribution in [-0.2, 0) is 4.79 Å². The van der Waals surface area contributed by atoms with Gasteiger partial charge in [0.05, 0.1) is 6.04 Å². The summed E-state index contributed by atoms with van der Waals surface area (Å²) in [5, 5.41) is 14.9. The lowest BCUT2D eigenvalue weighted by Crippen LogP contribution is -2.30. The van der Waals surface area contributed by atoms with Crippen molar-refractivity contribution in [3.63, 3.8) is 0 Å². The molecule has 1 amide bonds. The Kier molecular flexibility index (Phi) is 5.25. The number of hydrogen-bond donors (Lipinski definition) is 2. The molecule has 1 atom stereocenters. The molecule has 1 unspecified atom stereocenters. The van der Waals surface area contributed by atoms with Crippen LogP contribution in [0.1, 0.15) is 37.4 Å². The number of pyridine rings is 1. The van der Waals surface area contributed by atoms with Gasteiger partial charge in [-0.2, -0.15) is 0 Å². The van der Waals surface area contributed by atoms with Gasteiger partial charge in [-0.1, -0.05) is 38.1 Å². The Morgan fingerprint density at radius 2 is 1.93 bits per heavy atom. The van der Waals surface area contributed by atoms with E-state index in [0.717, 1.165) is 10.9 Å². The van der Waals surface area contributed by atoms with E-state index < -0.39 is 6.04 Å². The average molecular weight is 392 g/mol. The van der Waals surface area contributed by atoms with Crippen LogP contribution in [0.2, 0.25) is 0 Å². The van der Waals surface area contributed by atoms with Gasteiger partial charge in [-0.15, -0.1) is 0 Å². The quantitative estimate of drug-likeness (QED) is 0.687. The number of carbonyl (C=O) groups excluding carboxylic acids is 1. The van der Waals surface area contributed by atoms with Crippen molar-refractivity contribution < 1.29 is 19.4 Å². The van der Waals surface area contributed by atoms with Crippen molar-refractivity contribution in [1.29, 1.82) is 0 Å². The smallest absolute Gasteiger partial charge is 0.221 e. The van der Waals surface area contributed by atoms with Crippen molar-refractivity contribution in [2.24, 2.45) is 5.92 Å². The zero-order valence-corrected chi connectivity index (χ0v) is 16.5. The van der Waals surface area contributed by atoms with Gasteiger partial charge in [-0.3, -0.25) is 9.78 Å². The molecular weight excluding hydrogens is 368 g/mol. The first-order valence-corrected chi connectivity index (χ1v) is 9.78. The molecule has 0 bridgehead atoms. The highest BCUT2D eigenvalue weighted by molar-refractivity contribution is 5.86. The molecule has 0 saturated carbocycles. The third-order valence-corrected chi connectivity index (χ3v) is 4.89. The number of phenols is 1. The number of fused-ring (bicyclic) bond motifs is 2. The van der Waals surface area contributed by atoms with Gasteiger partial charge in [0.2, 0.25) is 5.91 Å². The summed E-state index contributed by atoms with van der Waals surface area (Å²) in [6.45, 7) is 4.98. The predicted octanol–water partition coefficient (Wildman–Crippen LogP) is 3.96. The molecule has 3 aromatic rings. The number of benzene rings is 2. The van der Waals surface area contributed by atoms with Crippen molar-refractivity contribution in [2.45, 2.75) is 26.3 Å². The Bertz CT molecular complexity index is 1050. The largest absolute Gasteiger partial charge is 0.505 e. The Balaban J connectivity index is 1.78. The fraction of sp³-hybridized carbons (Fsp3) is 0.304. The maximum absolute atomic E-state index is 12.6. The van der Waals surface area contributed by atoms with Crippen molar-refractivity contribution in [3.05, 3.63) is 59.8 Å². The van der Waals surface area contributed by atoms with Gasteiger partial charge < -0.3 is 19.9 Å². The monoisotopic (exact) mass is 392 g/mol. The fourth-order valence-corrected chi connectivity index (χ4v) is 3.55. The SMILES string of the molecule is CC(C)CC(=O)NC(c1ccc2c(c1)OCCO2)c1ccc2cccnc2c1O. The summed E-state index contributed by atoms with van der Waals surface area (Å²) < 4.78 is 11.3. The van der Waals surface area contributed by atoms with E-state index in [2.05, 4.69) is 10.3 Å². The molecule has 1 aliphatic heterocycles. The number of hydrogen-bond acceptors (Lipinski definition) is 5. The molecule has 29 heavy (non-hydrogen) atoms. The first-order valence-electron chi connectivity index (χ1n) is 9.78. The van der Waals surface area contributed by atoms with E-state index in [9.17, 15) is 9.90 Å².